The number of hydrogen-bond acceptors (Lipinski definition) is 2. The molecule has 0 unspecified atom stereocenters. The summed E-state index contributed by atoms with van der Waals surface area (Å²) < 4.78 is 0. The van der Waals surface area contributed by atoms with Crippen molar-refractivity contribution in [3.05, 3.63) is 21.3 Å². The molecule has 1 saturated carbocycles. The van der Waals surface area contributed by atoms with Gasteiger partial charge in [0.1, 0.15) is 0 Å². The molecule has 2 rings (SSSR count). The molecule has 0 aliphatic heterocycles. The van der Waals surface area contributed by atoms with E-state index in [-0.39, 0.29) is 11.2 Å². The number of hydrogen-bond donors (Lipinski definition) is 0. The number of Topliss-reactive ketones (excluding diaryl/α,β-unsaturated/α-hetero) is 1. The second-order valence-corrected chi connectivity index (χ2v) is 5.69. The minimum atomic E-state index is 0.215. The van der Waals surface area contributed by atoms with Crippen molar-refractivity contribution in [2.45, 2.75) is 32.6 Å². The molecule has 3 heteroatoms. The van der Waals surface area contributed by atoms with E-state index < -0.39 is 0 Å². The average molecular weight is 229 g/mol. The van der Waals surface area contributed by atoms with Gasteiger partial charge in [-0.25, -0.2) is 0 Å². The minimum absolute atomic E-state index is 0.215. The van der Waals surface area contributed by atoms with E-state index in [2.05, 4.69) is 6.92 Å². The van der Waals surface area contributed by atoms with Crippen LogP contribution in [0.4, 0.5) is 0 Å². The Balaban J connectivity index is 2.06. The highest BCUT2D eigenvalue weighted by Gasteiger charge is 2.34. The van der Waals surface area contributed by atoms with Crippen LogP contribution in [0.15, 0.2) is 11.4 Å². The van der Waals surface area contributed by atoms with Crippen LogP contribution in [0.3, 0.4) is 0 Å². The number of carbonyl (C=O) groups is 1. The number of ketones is 1. The van der Waals surface area contributed by atoms with Gasteiger partial charge < -0.3 is 0 Å². The quantitative estimate of drug-likeness (QED) is 0.710. The number of carbonyl (C=O) groups excluding carboxylic acids is 1. The predicted octanol–water partition coefficient (Wildman–Crippen LogP) is 4.16. The molecule has 76 valence electrons. The van der Waals surface area contributed by atoms with Crippen LogP contribution in [0.25, 0.3) is 0 Å². The first-order valence-electron chi connectivity index (χ1n) is 4.87. The van der Waals surface area contributed by atoms with Gasteiger partial charge in [-0.3, -0.25) is 4.79 Å². The number of halogens is 1. The minimum Gasteiger partial charge on any atom is -0.293 e. The van der Waals surface area contributed by atoms with Crippen LogP contribution in [-0.2, 0) is 0 Å². The maximum absolute atomic E-state index is 11.9. The lowest BCUT2D eigenvalue weighted by atomic mass is 9.67. The fourth-order valence-corrected chi connectivity index (χ4v) is 3.02. The fourth-order valence-electron chi connectivity index (χ4n) is 1.92. The van der Waals surface area contributed by atoms with Gasteiger partial charge >= 0.3 is 0 Å². The molecule has 1 aromatic heterocycles. The zero-order valence-corrected chi connectivity index (χ0v) is 9.75. The molecule has 0 N–H and O–H groups in total. The van der Waals surface area contributed by atoms with Gasteiger partial charge in [-0.1, -0.05) is 24.9 Å². The summed E-state index contributed by atoms with van der Waals surface area (Å²) in [6.45, 7) is 2.19. The van der Waals surface area contributed by atoms with E-state index in [0.29, 0.717) is 11.4 Å². The van der Waals surface area contributed by atoms with E-state index in [1.54, 1.807) is 6.07 Å². The van der Waals surface area contributed by atoms with Gasteiger partial charge in [-0.05, 0) is 29.7 Å². The number of thiophene rings is 1. The van der Waals surface area contributed by atoms with Crippen LogP contribution in [0.5, 0.6) is 0 Å². The molecule has 1 nitrogen and oxygen atoms in total. The Bertz CT molecular complexity index is 352. The van der Waals surface area contributed by atoms with Crippen LogP contribution in [0.1, 0.15) is 42.3 Å². The molecule has 14 heavy (non-hydrogen) atoms. The third-order valence-corrected chi connectivity index (χ3v) is 4.40. The van der Waals surface area contributed by atoms with Gasteiger partial charge in [0.05, 0.1) is 9.90 Å². The van der Waals surface area contributed by atoms with Crippen molar-refractivity contribution < 1.29 is 4.79 Å². The lowest BCUT2D eigenvalue weighted by Gasteiger charge is -2.37. The van der Waals surface area contributed by atoms with Crippen molar-refractivity contribution in [3.63, 3.8) is 0 Å². The van der Waals surface area contributed by atoms with Crippen LogP contribution in [0, 0.1) is 5.41 Å². The second kappa shape index (κ2) is 3.67. The first-order valence-corrected chi connectivity index (χ1v) is 6.13. The topological polar surface area (TPSA) is 17.1 Å². The lowest BCUT2D eigenvalue weighted by molar-refractivity contribution is 0.0820. The predicted molar refractivity (Wildman–Crippen MR) is 60.2 cm³/mol. The zero-order valence-electron chi connectivity index (χ0n) is 8.18. The molecule has 0 saturated heterocycles. The number of rotatable bonds is 3. The van der Waals surface area contributed by atoms with E-state index in [1.807, 2.05) is 5.38 Å². The Morgan fingerprint density at radius 1 is 1.64 bits per heavy atom. The van der Waals surface area contributed by atoms with E-state index in [0.717, 1.165) is 4.88 Å². The molecule has 0 aromatic carbocycles. The van der Waals surface area contributed by atoms with Crippen molar-refractivity contribution in [2.75, 3.05) is 0 Å². The maximum atomic E-state index is 11.9. The average Bonchev–Trinajstić information content (AvgIpc) is 2.48. The molecular weight excluding hydrogens is 216 g/mol. The highest BCUT2D eigenvalue weighted by Crippen LogP contribution is 2.44. The molecule has 0 atom stereocenters. The molecule has 0 amide bonds. The van der Waals surface area contributed by atoms with Gasteiger partial charge in [0.25, 0.3) is 0 Å². The molecule has 1 fully saturated rings. The molecular formula is C11H13ClOS. The van der Waals surface area contributed by atoms with Gasteiger partial charge in [-0.2, -0.15) is 0 Å². The zero-order chi connectivity index (χ0) is 10.2. The third-order valence-electron chi connectivity index (χ3n) is 3.02. The Labute approximate surface area is 93.1 Å². The summed E-state index contributed by atoms with van der Waals surface area (Å²) in [6, 6.07) is 1.79. The molecule has 0 radical (unpaired) electrons. The smallest absolute Gasteiger partial charge is 0.174 e. The van der Waals surface area contributed by atoms with E-state index in [9.17, 15) is 4.79 Å². The van der Waals surface area contributed by atoms with Gasteiger partial charge in [0.2, 0.25) is 0 Å². The highest BCUT2D eigenvalue weighted by molar-refractivity contribution is 7.12. The summed E-state index contributed by atoms with van der Waals surface area (Å²) >= 11 is 7.37. The summed E-state index contributed by atoms with van der Waals surface area (Å²) in [5.41, 5.74) is 0.254. The van der Waals surface area contributed by atoms with Gasteiger partial charge in [-0.15, -0.1) is 11.3 Å². The Hall–Kier alpha value is -0.340. The van der Waals surface area contributed by atoms with Crippen LogP contribution >= 0.6 is 22.9 Å². The first kappa shape index (κ1) is 10.2. The summed E-state index contributed by atoms with van der Waals surface area (Å²) in [5, 5.41) is 2.49. The van der Waals surface area contributed by atoms with Gasteiger partial charge in [0, 0.05) is 6.42 Å². The molecule has 1 aliphatic carbocycles. The van der Waals surface area contributed by atoms with Crippen molar-refractivity contribution in [1.29, 1.82) is 0 Å². The molecule has 1 aromatic rings. The summed E-state index contributed by atoms with van der Waals surface area (Å²) in [6.07, 6.45) is 4.29. The van der Waals surface area contributed by atoms with E-state index in [1.165, 1.54) is 30.6 Å². The van der Waals surface area contributed by atoms with Crippen molar-refractivity contribution >= 4 is 28.7 Å². The monoisotopic (exact) mass is 228 g/mol. The standard InChI is InChI=1S/C11H13ClOS/c1-11(4-2-5-11)7-9(13)10-8(12)3-6-14-10/h3,6H,2,4-5,7H2,1H3. The van der Waals surface area contributed by atoms with E-state index >= 15 is 0 Å². The Morgan fingerprint density at radius 2 is 2.36 bits per heavy atom. The fraction of sp³-hybridized carbons (Fsp3) is 0.545. The normalized spacial score (nSPS) is 19.0. The summed E-state index contributed by atoms with van der Waals surface area (Å²) in [4.78, 5) is 12.6. The maximum Gasteiger partial charge on any atom is 0.174 e. The second-order valence-electron chi connectivity index (χ2n) is 4.36. The summed E-state index contributed by atoms with van der Waals surface area (Å²) in [5.74, 6) is 0.215. The molecule has 0 spiro atoms. The largest absolute Gasteiger partial charge is 0.293 e. The molecule has 0 bridgehead atoms. The highest BCUT2D eigenvalue weighted by atomic mass is 35.5. The van der Waals surface area contributed by atoms with Gasteiger partial charge in [0.15, 0.2) is 5.78 Å². The van der Waals surface area contributed by atoms with Crippen LogP contribution in [0.2, 0.25) is 5.02 Å². The van der Waals surface area contributed by atoms with Crippen LogP contribution in [-0.4, -0.2) is 5.78 Å². The van der Waals surface area contributed by atoms with Crippen molar-refractivity contribution in [3.8, 4) is 0 Å². The van der Waals surface area contributed by atoms with E-state index in [4.69, 9.17) is 11.6 Å². The summed E-state index contributed by atoms with van der Waals surface area (Å²) in [7, 11) is 0. The van der Waals surface area contributed by atoms with Crippen molar-refractivity contribution in [1.82, 2.24) is 0 Å². The third kappa shape index (κ3) is 1.86. The molecule has 1 heterocycles. The van der Waals surface area contributed by atoms with Crippen molar-refractivity contribution in [2.24, 2.45) is 5.41 Å². The van der Waals surface area contributed by atoms with Crippen LogP contribution < -0.4 is 0 Å². The SMILES string of the molecule is CC1(CC(=O)c2sccc2Cl)CCC1. The Kier molecular flexibility index (Phi) is 2.67. The molecule has 1 aliphatic rings. The first-order chi connectivity index (χ1) is 6.61. The lowest BCUT2D eigenvalue weighted by Crippen LogP contribution is -2.28. The Morgan fingerprint density at radius 3 is 2.79 bits per heavy atom.